The fourth-order valence-electron chi connectivity index (χ4n) is 2.10. The maximum Gasteiger partial charge on any atom is 0.288 e. The zero-order valence-corrected chi connectivity index (χ0v) is 12.8. The summed E-state index contributed by atoms with van der Waals surface area (Å²) in [4.78, 5) is 26.6. The Balaban J connectivity index is 1.91. The molecule has 0 spiro atoms. The molecule has 0 fully saturated rings. The summed E-state index contributed by atoms with van der Waals surface area (Å²) in [5.41, 5.74) is 0.908. The third kappa shape index (κ3) is 3.08. The lowest BCUT2D eigenvalue weighted by Gasteiger charge is -2.10. The van der Waals surface area contributed by atoms with Crippen LogP contribution in [0.3, 0.4) is 0 Å². The lowest BCUT2D eigenvalue weighted by atomic mass is 10.1. The van der Waals surface area contributed by atoms with Gasteiger partial charge in [0.05, 0.1) is 16.3 Å². The molecule has 24 heavy (non-hydrogen) atoms. The Morgan fingerprint density at radius 1 is 1.25 bits per heavy atom. The van der Waals surface area contributed by atoms with Crippen molar-refractivity contribution >= 4 is 28.9 Å². The maximum atomic E-state index is 12.4. The fourth-order valence-corrected chi connectivity index (χ4v) is 2.29. The molecular formula is C15H10ClN5O3. The second kappa shape index (κ2) is 6.47. The normalized spacial score (nSPS) is 10.4. The van der Waals surface area contributed by atoms with Crippen LogP contribution in [0.25, 0.3) is 5.69 Å². The van der Waals surface area contributed by atoms with Gasteiger partial charge >= 0.3 is 0 Å². The molecule has 3 aromatic rings. The number of carbonyl (C=O) groups excluding carboxylic acids is 1. The van der Waals surface area contributed by atoms with Crippen LogP contribution in [0.5, 0.6) is 0 Å². The van der Waals surface area contributed by atoms with Crippen molar-refractivity contribution in [3.8, 4) is 5.69 Å². The molecule has 1 aromatic heterocycles. The van der Waals surface area contributed by atoms with Crippen molar-refractivity contribution in [1.29, 1.82) is 0 Å². The van der Waals surface area contributed by atoms with E-state index in [1.165, 1.54) is 29.5 Å². The van der Waals surface area contributed by atoms with Crippen molar-refractivity contribution in [1.82, 2.24) is 14.8 Å². The van der Waals surface area contributed by atoms with E-state index >= 15 is 0 Å². The van der Waals surface area contributed by atoms with E-state index in [0.717, 1.165) is 6.07 Å². The van der Waals surface area contributed by atoms with E-state index in [2.05, 4.69) is 15.4 Å². The number of benzene rings is 2. The van der Waals surface area contributed by atoms with Gasteiger partial charge in [0, 0.05) is 11.6 Å². The first-order valence-electron chi connectivity index (χ1n) is 6.75. The topological polar surface area (TPSA) is 103 Å². The monoisotopic (exact) mass is 343 g/mol. The summed E-state index contributed by atoms with van der Waals surface area (Å²) in [6.45, 7) is 0. The number of rotatable bonds is 4. The van der Waals surface area contributed by atoms with Crippen molar-refractivity contribution in [3.63, 3.8) is 0 Å². The van der Waals surface area contributed by atoms with Crippen LogP contribution in [-0.2, 0) is 0 Å². The van der Waals surface area contributed by atoms with Crippen molar-refractivity contribution in [3.05, 3.63) is 75.8 Å². The SMILES string of the molecule is O=C(Nc1ccccc1-n1cncn1)c1ccc(Cl)c([N+](=O)[O-])c1. The molecule has 0 aliphatic heterocycles. The van der Waals surface area contributed by atoms with E-state index in [9.17, 15) is 14.9 Å². The van der Waals surface area contributed by atoms with E-state index in [-0.39, 0.29) is 16.3 Å². The molecule has 9 heteroatoms. The number of hydrogen-bond donors (Lipinski definition) is 1. The molecule has 0 bridgehead atoms. The third-order valence-corrected chi connectivity index (χ3v) is 3.54. The summed E-state index contributed by atoms with van der Waals surface area (Å²) in [6, 6.07) is 10.9. The highest BCUT2D eigenvalue weighted by Gasteiger charge is 2.17. The number of aromatic nitrogens is 3. The molecule has 0 saturated carbocycles. The Morgan fingerprint density at radius 2 is 2.04 bits per heavy atom. The summed E-state index contributed by atoms with van der Waals surface area (Å²) < 4.78 is 1.50. The highest BCUT2D eigenvalue weighted by molar-refractivity contribution is 6.32. The van der Waals surface area contributed by atoms with Gasteiger partial charge in [0.1, 0.15) is 17.7 Å². The zero-order valence-electron chi connectivity index (χ0n) is 12.1. The van der Waals surface area contributed by atoms with Gasteiger partial charge < -0.3 is 5.32 Å². The van der Waals surface area contributed by atoms with Gasteiger partial charge in [-0.2, -0.15) is 5.10 Å². The second-order valence-electron chi connectivity index (χ2n) is 4.73. The van der Waals surface area contributed by atoms with Crippen molar-refractivity contribution in [2.24, 2.45) is 0 Å². The highest BCUT2D eigenvalue weighted by atomic mass is 35.5. The third-order valence-electron chi connectivity index (χ3n) is 3.22. The van der Waals surface area contributed by atoms with Crippen molar-refractivity contribution in [2.45, 2.75) is 0 Å². The van der Waals surface area contributed by atoms with E-state index in [1.54, 1.807) is 24.3 Å². The van der Waals surface area contributed by atoms with Gasteiger partial charge in [-0.05, 0) is 24.3 Å². The number of nitro benzene ring substituents is 1. The Kier molecular flexibility index (Phi) is 4.21. The van der Waals surface area contributed by atoms with E-state index < -0.39 is 10.8 Å². The number of nitro groups is 1. The predicted octanol–water partition coefficient (Wildman–Crippen LogP) is 3.08. The minimum absolute atomic E-state index is 0.0282. The van der Waals surface area contributed by atoms with Gasteiger partial charge in [0.15, 0.2) is 0 Å². The number of halogens is 1. The largest absolute Gasteiger partial charge is 0.320 e. The fraction of sp³-hybridized carbons (Fsp3) is 0. The van der Waals surface area contributed by atoms with Crippen molar-refractivity contribution < 1.29 is 9.72 Å². The van der Waals surface area contributed by atoms with Gasteiger partial charge in [0.25, 0.3) is 11.6 Å². The van der Waals surface area contributed by atoms with Gasteiger partial charge in [-0.25, -0.2) is 9.67 Å². The maximum absolute atomic E-state index is 12.4. The molecule has 3 rings (SSSR count). The summed E-state index contributed by atoms with van der Waals surface area (Å²) in [5.74, 6) is -0.498. The van der Waals surface area contributed by atoms with E-state index in [1.807, 2.05) is 0 Å². The first kappa shape index (κ1) is 15.6. The molecule has 0 aliphatic rings. The van der Waals surface area contributed by atoms with Crippen LogP contribution in [0.1, 0.15) is 10.4 Å². The molecule has 1 amide bonds. The Morgan fingerprint density at radius 3 is 2.75 bits per heavy atom. The van der Waals surface area contributed by atoms with Crippen LogP contribution in [0, 0.1) is 10.1 Å². The predicted molar refractivity (Wildman–Crippen MR) is 87.4 cm³/mol. The smallest absolute Gasteiger partial charge is 0.288 e. The quantitative estimate of drug-likeness (QED) is 0.579. The van der Waals surface area contributed by atoms with Crippen molar-refractivity contribution in [2.75, 3.05) is 5.32 Å². The molecular weight excluding hydrogens is 334 g/mol. The van der Waals surface area contributed by atoms with Crippen LogP contribution in [-0.4, -0.2) is 25.6 Å². The van der Waals surface area contributed by atoms with Crippen LogP contribution >= 0.6 is 11.6 Å². The van der Waals surface area contributed by atoms with Crippen LogP contribution < -0.4 is 5.32 Å². The number of carbonyl (C=O) groups is 1. The number of nitrogens with one attached hydrogen (secondary N) is 1. The summed E-state index contributed by atoms with van der Waals surface area (Å²) in [6.07, 6.45) is 2.87. The first-order valence-corrected chi connectivity index (χ1v) is 7.13. The van der Waals surface area contributed by atoms with Gasteiger partial charge in [-0.3, -0.25) is 14.9 Å². The second-order valence-corrected chi connectivity index (χ2v) is 5.14. The van der Waals surface area contributed by atoms with Crippen LogP contribution in [0.2, 0.25) is 5.02 Å². The number of para-hydroxylation sites is 2. The van der Waals surface area contributed by atoms with E-state index in [0.29, 0.717) is 11.4 Å². The Bertz CT molecular complexity index is 911. The molecule has 120 valence electrons. The Hall–Kier alpha value is -3.26. The lowest BCUT2D eigenvalue weighted by molar-refractivity contribution is -0.384. The molecule has 0 radical (unpaired) electrons. The summed E-state index contributed by atoms with van der Waals surface area (Å²) >= 11 is 5.76. The van der Waals surface area contributed by atoms with E-state index in [4.69, 9.17) is 11.6 Å². The van der Waals surface area contributed by atoms with Crippen LogP contribution in [0.15, 0.2) is 55.1 Å². The van der Waals surface area contributed by atoms with Gasteiger partial charge in [-0.15, -0.1) is 0 Å². The minimum Gasteiger partial charge on any atom is -0.320 e. The highest BCUT2D eigenvalue weighted by Crippen LogP contribution is 2.26. The summed E-state index contributed by atoms with van der Waals surface area (Å²) in [5, 5.41) is 17.6. The van der Waals surface area contributed by atoms with Crippen LogP contribution in [0.4, 0.5) is 11.4 Å². The average Bonchev–Trinajstić information content (AvgIpc) is 3.09. The molecule has 1 heterocycles. The molecule has 0 atom stereocenters. The molecule has 2 aromatic carbocycles. The zero-order chi connectivity index (χ0) is 17.1. The summed E-state index contributed by atoms with van der Waals surface area (Å²) in [7, 11) is 0. The number of anilines is 1. The lowest BCUT2D eigenvalue weighted by Crippen LogP contribution is -2.14. The molecule has 1 N–H and O–H groups in total. The molecule has 8 nitrogen and oxygen atoms in total. The Labute approximate surface area is 140 Å². The number of hydrogen-bond acceptors (Lipinski definition) is 5. The number of amides is 1. The molecule has 0 unspecified atom stereocenters. The standard InChI is InChI=1S/C15H10ClN5O3/c16-11-6-5-10(7-14(11)21(23)24)15(22)19-12-3-1-2-4-13(12)20-9-17-8-18-20/h1-9H,(H,19,22). The van der Waals surface area contributed by atoms with Gasteiger partial charge in [0.2, 0.25) is 0 Å². The molecule has 0 saturated heterocycles. The number of nitrogens with zero attached hydrogens (tertiary/aromatic N) is 4. The van der Waals surface area contributed by atoms with Gasteiger partial charge in [-0.1, -0.05) is 23.7 Å². The first-order chi connectivity index (χ1) is 11.6. The molecule has 0 aliphatic carbocycles. The minimum atomic E-state index is -0.636. The average molecular weight is 344 g/mol.